The van der Waals surface area contributed by atoms with Crippen molar-refractivity contribution in [2.45, 2.75) is 12.8 Å². The number of halogens is 2. The third-order valence-electron chi connectivity index (χ3n) is 5.26. The number of nitrogens with zero attached hydrogens (tertiary/aromatic N) is 3. The summed E-state index contributed by atoms with van der Waals surface area (Å²) in [7, 11) is 1.55. The maximum absolute atomic E-state index is 13.6. The third kappa shape index (κ3) is 4.94. The second kappa shape index (κ2) is 9.31. The molecule has 0 bridgehead atoms. The molecule has 1 atom stereocenters. The number of hydrogen-bond donors (Lipinski definition) is 1. The number of anilines is 2. The van der Waals surface area contributed by atoms with E-state index in [2.05, 4.69) is 20.2 Å². The second-order valence-corrected chi connectivity index (χ2v) is 7.80. The highest BCUT2D eigenvalue weighted by atomic mass is 35.5. The molecule has 31 heavy (non-hydrogen) atoms. The van der Waals surface area contributed by atoms with Crippen molar-refractivity contribution in [2.75, 3.05) is 30.4 Å². The van der Waals surface area contributed by atoms with Crippen molar-refractivity contribution < 1.29 is 13.9 Å². The van der Waals surface area contributed by atoms with Gasteiger partial charge in [0.05, 0.1) is 18.7 Å². The van der Waals surface area contributed by atoms with Crippen LogP contribution >= 0.6 is 11.6 Å². The van der Waals surface area contributed by atoms with Crippen LogP contribution in [0.4, 0.5) is 15.9 Å². The third-order valence-corrected chi connectivity index (χ3v) is 5.49. The van der Waals surface area contributed by atoms with Crippen molar-refractivity contribution in [1.82, 2.24) is 9.97 Å². The van der Waals surface area contributed by atoms with E-state index in [-0.39, 0.29) is 17.6 Å². The predicted octanol–water partition coefficient (Wildman–Crippen LogP) is 4.80. The van der Waals surface area contributed by atoms with Gasteiger partial charge in [0, 0.05) is 29.9 Å². The molecule has 0 spiro atoms. The largest absolute Gasteiger partial charge is 0.495 e. The quantitative estimate of drug-likeness (QED) is 0.617. The van der Waals surface area contributed by atoms with Gasteiger partial charge in [-0.2, -0.15) is 0 Å². The molecule has 1 N–H and O–H groups in total. The van der Waals surface area contributed by atoms with Crippen LogP contribution in [-0.4, -0.2) is 36.1 Å². The molecule has 0 saturated carbocycles. The maximum Gasteiger partial charge on any atom is 0.229 e. The molecule has 6 nitrogen and oxygen atoms in total. The van der Waals surface area contributed by atoms with E-state index in [1.807, 2.05) is 6.07 Å². The van der Waals surface area contributed by atoms with Crippen LogP contribution in [0.15, 0.2) is 54.7 Å². The highest BCUT2D eigenvalue weighted by Gasteiger charge is 2.27. The molecule has 4 rings (SSSR count). The van der Waals surface area contributed by atoms with Crippen LogP contribution in [-0.2, 0) is 4.79 Å². The topological polar surface area (TPSA) is 67.3 Å². The Balaban J connectivity index is 1.49. The van der Waals surface area contributed by atoms with Crippen LogP contribution in [0, 0.1) is 11.7 Å². The lowest BCUT2D eigenvalue weighted by Crippen LogP contribution is -2.41. The summed E-state index contributed by atoms with van der Waals surface area (Å²) < 4.78 is 18.9. The fourth-order valence-corrected chi connectivity index (χ4v) is 3.88. The number of amides is 1. The van der Waals surface area contributed by atoms with Gasteiger partial charge in [-0.05, 0) is 49.2 Å². The summed E-state index contributed by atoms with van der Waals surface area (Å²) in [6.45, 7) is 1.30. The highest BCUT2D eigenvalue weighted by Crippen LogP contribution is 2.30. The van der Waals surface area contributed by atoms with E-state index in [1.54, 1.807) is 43.6 Å². The van der Waals surface area contributed by atoms with E-state index >= 15 is 0 Å². The molecule has 1 unspecified atom stereocenters. The summed E-state index contributed by atoms with van der Waals surface area (Å²) >= 11 is 6.07. The molecule has 1 aliphatic rings. The monoisotopic (exact) mass is 440 g/mol. The standard InChI is InChI=1S/C23H22ClFN4O2/c1-31-20-8-7-17(24)13-19(20)27-23(30)16-5-3-11-29(14-16)21-9-10-26-22(28-21)15-4-2-6-18(25)12-15/h2,4,6-10,12-13,16H,3,5,11,14H2,1H3,(H,27,30). The number of piperidine rings is 1. The Morgan fingerprint density at radius 3 is 2.94 bits per heavy atom. The van der Waals surface area contributed by atoms with Gasteiger partial charge in [-0.1, -0.05) is 23.7 Å². The summed E-state index contributed by atoms with van der Waals surface area (Å²) in [6.07, 6.45) is 3.28. The van der Waals surface area contributed by atoms with Crippen LogP contribution in [0.25, 0.3) is 11.4 Å². The van der Waals surface area contributed by atoms with Crippen molar-refractivity contribution in [2.24, 2.45) is 5.92 Å². The molecule has 1 aromatic heterocycles. The number of benzene rings is 2. The molecule has 1 saturated heterocycles. The van der Waals surface area contributed by atoms with Crippen molar-refractivity contribution in [3.05, 3.63) is 65.6 Å². The molecule has 0 radical (unpaired) electrons. The summed E-state index contributed by atoms with van der Waals surface area (Å²) in [6, 6.07) is 13.1. The lowest BCUT2D eigenvalue weighted by Gasteiger charge is -2.33. The lowest BCUT2D eigenvalue weighted by atomic mass is 9.97. The van der Waals surface area contributed by atoms with E-state index in [9.17, 15) is 9.18 Å². The fourth-order valence-electron chi connectivity index (χ4n) is 3.70. The van der Waals surface area contributed by atoms with Crippen LogP contribution in [0.1, 0.15) is 12.8 Å². The first-order chi connectivity index (χ1) is 15.0. The summed E-state index contributed by atoms with van der Waals surface area (Å²) in [5.74, 6) is 1.08. The van der Waals surface area contributed by atoms with Crippen LogP contribution in [0.3, 0.4) is 0 Å². The van der Waals surface area contributed by atoms with Gasteiger partial charge >= 0.3 is 0 Å². The minimum atomic E-state index is -0.336. The van der Waals surface area contributed by atoms with E-state index in [0.717, 1.165) is 19.4 Å². The molecule has 3 aromatic rings. The zero-order valence-corrected chi connectivity index (χ0v) is 17.8. The van der Waals surface area contributed by atoms with E-state index in [1.165, 1.54) is 12.1 Å². The number of nitrogens with one attached hydrogen (secondary N) is 1. The van der Waals surface area contributed by atoms with Gasteiger partial charge in [-0.25, -0.2) is 14.4 Å². The number of carbonyl (C=O) groups excluding carboxylic acids is 1. The molecule has 8 heteroatoms. The smallest absolute Gasteiger partial charge is 0.229 e. The molecule has 2 aromatic carbocycles. The average molecular weight is 441 g/mol. The first-order valence-corrected chi connectivity index (χ1v) is 10.4. The molecule has 1 aliphatic heterocycles. The first kappa shape index (κ1) is 21.1. The molecular weight excluding hydrogens is 419 g/mol. The summed E-state index contributed by atoms with van der Waals surface area (Å²) in [5, 5.41) is 3.46. The molecule has 1 amide bonds. The SMILES string of the molecule is COc1ccc(Cl)cc1NC(=O)C1CCCN(c2ccnc(-c3cccc(F)c3)n2)C1. The zero-order valence-electron chi connectivity index (χ0n) is 17.0. The van der Waals surface area contributed by atoms with Gasteiger partial charge in [0.15, 0.2) is 5.82 Å². The highest BCUT2D eigenvalue weighted by molar-refractivity contribution is 6.31. The molecule has 1 fully saturated rings. The Hall–Kier alpha value is -3.19. The van der Waals surface area contributed by atoms with Gasteiger partial charge in [0.1, 0.15) is 17.4 Å². The second-order valence-electron chi connectivity index (χ2n) is 7.37. The number of carbonyl (C=O) groups is 1. The minimum Gasteiger partial charge on any atom is -0.495 e. The van der Waals surface area contributed by atoms with Crippen molar-refractivity contribution in [3.8, 4) is 17.1 Å². The van der Waals surface area contributed by atoms with E-state index in [0.29, 0.717) is 40.2 Å². The Morgan fingerprint density at radius 1 is 1.26 bits per heavy atom. The van der Waals surface area contributed by atoms with Gasteiger partial charge in [-0.15, -0.1) is 0 Å². The van der Waals surface area contributed by atoms with E-state index in [4.69, 9.17) is 16.3 Å². The maximum atomic E-state index is 13.6. The number of rotatable bonds is 5. The molecular formula is C23H22ClFN4O2. The Bertz CT molecular complexity index is 1090. The predicted molar refractivity (Wildman–Crippen MR) is 119 cm³/mol. The Morgan fingerprint density at radius 2 is 2.13 bits per heavy atom. The van der Waals surface area contributed by atoms with Crippen molar-refractivity contribution in [1.29, 1.82) is 0 Å². The number of hydrogen-bond acceptors (Lipinski definition) is 5. The number of ether oxygens (including phenoxy) is 1. The first-order valence-electron chi connectivity index (χ1n) is 10.0. The van der Waals surface area contributed by atoms with Gasteiger partial charge in [-0.3, -0.25) is 4.79 Å². The van der Waals surface area contributed by atoms with Gasteiger partial charge < -0.3 is 15.0 Å². The Labute approximate surface area is 185 Å². The van der Waals surface area contributed by atoms with Crippen LogP contribution in [0.2, 0.25) is 5.02 Å². The molecule has 160 valence electrons. The molecule has 0 aliphatic carbocycles. The minimum absolute atomic E-state index is 0.0929. The number of methoxy groups -OCH3 is 1. The fraction of sp³-hybridized carbons (Fsp3) is 0.261. The normalized spacial score (nSPS) is 16.1. The average Bonchev–Trinajstić information content (AvgIpc) is 2.79. The van der Waals surface area contributed by atoms with Crippen molar-refractivity contribution in [3.63, 3.8) is 0 Å². The zero-order chi connectivity index (χ0) is 21.8. The Kier molecular flexibility index (Phi) is 6.32. The van der Waals surface area contributed by atoms with Crippen LogP contribution in [0.5, 0.6) is 5.75 Å². The summed E-state index contributed by atoms with van der Waals surface area (Å²) in [5.41, 5.74) is 1.16. The van der Waals surface area contributed by atoms with E-state index < -0.39 is 0 Å². The van der Waals surface area contributed by atoms with Crippen LogP contribution < -0.4 is 15.0 Å². The van der Waals surface area contributed by atoms with Gasteiger partial charge in [0.25, 0.3) is 0 Å². The summed E-state index contributed by atoms with van der Waals surface area (Å²) in [4.78, 5) is 23.9. The van der Waals surface area contributed by atoms with Crippen molar-refractivity contribution >= 4 is 29.0 Å². The number of aromatic nitrogens is 2. The lowest BCUT2D eigenvalue weighted by molar-refractivity contribution is -0.120. The molecule has 2 heterocycles. The van der Waals surface area contributed by atoms with Gasteiger partial charge in [0.2, 0.25) is 5.91 Å².